The van der Waals surface area contributed by atoms with Crippen molar-refractivity contribution >= 4 is 17.2 Å². The van der Waals surface area contributed by atoms with Gasteiger partial charge in [-0.1, -0.05) is 0 Å². The van der Waals surface area contributed by atoms with Crippen LogP contribution in [0.25, 0.3) is 0 Å². The van der Waals surface area contributed by atoms with Gasteiger partial charge in [0.05, 0.1) is 37.0 Å². The molecule has 0 aromatic carbocycles. The van der Waals surface area contributed by atoms with Crippen molar-refractivity contribution in [1.82, 2.24) is 19.7 Å². The predicted octanol–water partition coefficient (Wildman–Crippen LogP) is 1.19. The number of aryl methyl sites for hydroxylation is 1. The number of thiazole rings is 1. The molecule has 6 nitrogen and oxygen atoms in total. The average molecular weight is 306 g/mol. The summed E-state index contributed by atoms with van der Waals surface area (Å²) in [6, 6.07) is 0. The Hall–Kier alpha value is -1.73. The van der Waals surface area contributed by atoms with Crippen LogP contribution in [-0.2, 0) is 28.6 Å². The molecule has 2 aromatic heterocycles. The minimum Gasteiger partial charge on any atom is -0.367 e. The molecule has 0 spiro atoms. The van der Waals surface area contributed by atoms with Crippen molar-refractivity contribution in [2.24, 2.45) is 7.05 Å². The van der Waals surface area contributed by atoms with Gasteiger partial charge >= 0.3 is 0 Å². The van der Waals surface area contributed by atoms with Crippen molar-refractivity contribution in [3.8, 4) is 0 Å². The van der Waals surface area contributed by atoms with Crippen LogP contribution in [0.1, 0.15) is 18.2 Å². The molecular weight excluding hydrogens is 288 g/mol. The van der Waals surface area contributed by atoms with Gasteiger partial charge < -0.3 is 9.64 Å². The van der Waals surface area contributed by atoms with Gasteiger partial charge in [-0.05, 0) is 6.92 Å². The number of carbonyl (C=O) groups is 1. The van der Waals surface area contributed by atoms with Crippen LogP contribution in [0.5, 0.6) is 0 Å². The Bertz CT molecular complexity index is 625. The average Bonchev–Trinajstić information content (AvgIpc) is 3.10. The normalized spacial score (nSPS) is 22.5. The third-order valence-electron chi connectivity index (χ3n) is 3.76. The number of aromatic nitrogens is 3. The number of ether oxygens (including phenoxy) is 1. The highest BCUT2D eigenvalue weighted by Gasteiger charge is 2.36. The van der Waals surface area contributed by atoms with Gasteiger partial charge in [0.2, 0.25) is 5.91 Å². The van der Waals surface area contributed by atoms with Crippen molar-refractivity contribution < 1.29 is 9.53 Å². The van der Waals surface area contributed by atoms with Gasteiger partial charge in [-0.15, -0.1) is 11.3 Å². The summed E-state index contributed by atoms with van der Waals surface area (Å²) < 4.78 is 7.67. The van der Waals surface area contributed by atoms with Crippen molar-refractivity contribution in [2.45, 2.75) is 18.9 Å². The summed E-state index contributed by atoms with van der Waals surface area (Å²) in [5, 5.41) is 6.11. The van der Waals surface area contributed by atoms with Crippen LogP contribution in [0.15, 0.2) is 23.3 Å². The molecule has 2 aromatic rings. The molecule has 7 heteroatoms. The molecule has 0 aliphatic carbocycles. The van der Waals surface area contributed by atoms with Crippen LogP contribution in [-0.4, -0.2) is 45.3 Å². The van der Waals surface area contributed by atoms with E-state index in [1.165, 1.54) is 11.3 Å². The zero-order valence-corrected chi connectivity index (χ0v) is 13.0. The standard InChI is InChI=1S/C14H18N4O2S/c1-14(11-6-16-17(2)7-11)9-18(3-4-20-14)13(19)5-12-8-21-10-15-12/h6-8,10H,3-5,9H2,1-2H3. The van der Waals surface area contributed by atoms with E-state index in [-0.39, 0.29) is 5.91 Å². The second-order valence-electron chi connectivity index (χ2n) is 5.45. The van der Waals surface area contributed by atoms with Crippen LogP contribution in [0.2, 0.25) is 0 Å². The van der Waals surface area contributed by atoms with E-state index in [1.807, 2.05) is 30.4 Å². The second kappa shape index (κ2) is 5.57. The first-order chi connectivity index (χ1) is 10.1. The molecule has 0 saturated carbocycles. The Kier molecular flexibility index (Phi) is 3.77. The summed E-state index contributed by atoms with van der Waals surface area (Å²) in [7, 11) is 1.88. The molecule has 21 heavy (non-hydrogen) atoms. The molecule has 0 N–H and O–H groups in total. The van der Waals surface area contributed by atoms with E-state index < -0.39 is 5.60 Å². The third kappa shape index (κ3) is 2.98. The maximum atomic E-state index is 12.4. The fourth-order valence-electron chi connectivity index (χ4n) is 2.54. The van der Waals surface area contributed by atoms with Crippen LogP contribution >= 0.6 is 11.3 Å². The molecule has 1 unspecified atom stereocenters. The Labute approximate surface area is 127 Å². The molecule has 3 rings (SSSR count). The molecule has 1 atom stereocenters. The summed E-state index contributed by atoms with van der Waals surface area (Å²) in [4.78, 5) is 18.4. The molecule has 112 valence electrons. The number of hydrogen-bond donors (Lipinski definition) is 0. The van der Waals surface area contributed by atoms with E-state index in [2.05, 4.69) is 10.1 Å². The van der Waals surface area contributed by atoms with Gasteiger partial charge in [-0.3, -0.25) is 9.48 Å². The summed E-state index contributed by atoms with van der Waals surface area (Å²) >= 11 is 1.51. The molecule has 3 heterocycles. The summed E-state index contributed by atoms with van der Waals surface area (Å²) in [5.41, 5.74) is 3.09. The second-order valence-corrected chi connectivity index (χ2v) is 6.17. The minimum absolute atomic E-state index is 0.0966. The molecular formula is C14H18N4O2S. The van der Waals surface area contributed by atoms with Crippen LogP contribution < -0.4 is 0 Å². The summed E-state index contributed by atoms with van der Waals surface area (Å²) in [6.07, 6.45) is 4.09. The third-order valence-corrected chi connectivity index (χ3v) is 4.39. The lowest BCUT2D eigenvalue weighted by Crippen LogP contribution is -2.50. The summed E-state index contributed by atoms with van der Waals surface area (Å²) in [6.45, 7) is 3.71. The smallest absolute Gasteiger partial charge is 0.228 e. The van der Waals surface area contributed by atoms with Crippen LogP contribution in [0.4, 0.5) is 0 Å². The van der Waals surface area contributed by atoms with Crippen molar-refractivity contribution in [3.05, 3.63) is 34.5 Å². The lowest BCUT2D eigenvalue weighted by Gasteiger charge is -2.40. The molecule has 1 fully saturated rings. The number of nitrogens with zero attached hydrogens (tertiary/aromatic N) is 4. The Balaban J connectivity index is 1.72. The first-order valence-corrected chi connectivity index (χ1v) is 7.79. The molecule has 0 radical (unpaired) electrons. The van der Waals surface area contributed by atoms with E-state index in [0.29, 0.717) is 26.1 Å². The van der Waals surface area contributed by atoms with Gasteiger partial charge in [0.25, 0.3) is 0 Å². The molecule has 1 aliphatic rings. The molecule has 1 saturated heterocycles. The number of carbonyl (C=O) groups excluding carboxylic acids is 1. The lowest BCUT2D eigenvalue weighted by atomic mass is 9.96. The summed E-state index contributed by atoms with van der Waals surface area (Å²) in [5.74, 6) is 0.0966. The van der Waals surface area contributed by atoms with Gasteiger partial charge in [-0.25, -0.2) is 4.98 Å². The Morgan fingerprint density at radius 2 is 2.43 bits per heavy atom. The van der Waals surface area contributed by atoms with Crippen molar-refractivity contribution in [1.29, 1.82) is 0 Å². The zero-order valence-electron chi connectivity index (χ0n) is 12.2. The Morgan fingerprint density at radius 1 is 1.57 bits per heavy atom. The molecule has 0 bridgehead atoms. The van der Waals surface area contributed by atoms with Gasteiger partial charge in [-0.2, -0.15) is 5.10 Å². The van der Waals surface area contributed by atoms with Crippen molar-refractivity contribution in [3.63, 3.8) is 0 Å². The number of hydrogen-bond acceptors (Lipinski definition) is 5. The zero-order chi connectivity index (χ0) is 14.9. The van der Waals surface area contributed by atoms with E-state index in [9.17, 15) is 4.79 Å². The molecule has 1 amide bonds. The van der Waals surface area contributed by atoms with Crippen molar-refractivity contribution in [2.75, 3.05) is 19.7 Å². The van der Waals surface area contributed by atoms with E-state index >= 15 is 0 Å². The van der Waals surface area contributed by atoms with E-state index in [4.69, 9.17) is 4.74 Å². The fourth-order valence-corrected chi connectivity index (χ4v) is 3.10. The highest BCUT2D eigenvalue weighted by atomic mass is 32.1. The van der Waals surface area contributed by atoms with Gasteiger partial charge in [0, 0.05) is 30.7 Å². The largest absolute Gasteiger partial charge is 0.367 e. The first-order valence-electron chi connectivity index (χ1n) is 6.85. The highest BCUT2D eigenvalue weighted by Crippen LogP contribution is 2.29. The van der Waals surface area contributed by atoms with Gasteiger partial charge in [0.15, 0.2) is 0 Å². The van der Waals surface area contributed by atoms with E-state index in [1.54, 1.807) is 16.4 Å². The minimum atomic E-state index is -0.496. The van der Waals surface area contributed by atoms with E-state index in [0.717, 1.165) is 11.3 Å². The molecule has 1 aliphatic heterocycles. The highest BCUT2D eigenvalue weighted by molar-refractivity contribution is 7.07. The number of morpholine rings is 1. The van der Waals surface area contributed by atoms with Crippen LogP contribution in [0.3, 0.4) is 0 Å². The fraction of sp³-hybridized carbons (Fsp3) is 0.500. The number of amides is 1. The maximum absolute atomic E-state index is 12.4. The Morgan fingerprint density at radius 3 is 3.10 bits per heavy atom. The maximum Gasteiger partial charge on any atom is 0.228 e. The topological polar surface area (TPSA) is 60.2 Å². The predicted molar refractivity (Wildman–Crippen MR) is 78.9 cm³/mol. The lowest BCUT2D eigenvalue weighted by molar-refractivity contribution is -0.149. The number of rotatable bonds is 3. The SMILES string of the molecule is Cn1cc(C2(C)CN(C(=O)Cc3cscn3)CCO2)cn1. The van der Waals surface area contributed by atoms with Gasteiger partial charge in [0.1, 0.15) is 5.60 Å². The van der Waals surface area contributed by atoms with Crippen LogP contribution in [0, 0.1) is 0 Å². The quantitative estimate of drug-likeness (QED) is 0.855. The first kappa shape index (κ1) is 14.2. The monoisotopic (exact) mass is 306 g/mol.